The lowest BCUT2D eigenvalue weighted by Gasteiger charge is -2.31. The van der Waals surface area contributed by atoms with E-state index in [1.165, 1.54) is 24.3 Å². The SMILES string of the molecule is CC(C)CN(C(=O)C1CC1)C1CC(C(=O)N2CCCNCC2)N(C(=O)c2ccc(F)cc2)C1. The van der Waals surface area contributed by atoms with E-state index in [4.69, 9.17) is 0 Å². The molecule has 1 aromatic carbocycles. The second kappa shape index (κ2) is 10.2. The fraction of sp³-hybridized carbons (Fsp3) is 0.640. The van der Waals surface area contributed by atoms with Gasteiger partial charge in [0.05, 0.1) is 6.04 Å². The van der Waals surface area contributed by atoms with E-state index >= 15 is 0 Å². The van der Waals surface area contributed by atoms with Crippen LogP contribution in [0, 0.1) is 17.7 Å². The number of amides is 3. The highest BCUT2D eigenvalue weighted by Gasteiger charge is 2.46. The van der Waals surface area contributed by atoms with Gasteiger partial charge in [0.25, 0.3) is 5.91 Å². The molecule has 1 N–H and O–H groups in total. The van der Waals surface area contributed by atoms with Crippen LogP contribution >= 0.6 is 0 Å². The quantitative estimate of drug-likeness (QED) is 0.709. The number of rotatable bonds is 6. The summed E-state index contributed by atoms with van der Waals surface area (Å²) in [6.45, 7) is 7.96. The van der Waals surface area contributed by atoms with Crippen LogP contribution in [0.1, 0.15) is 49.9 Å². The number of carbonyl (C=O) groups excluding carboxylic acids is 3. The maximum atomic E-state index is 13.6. The van der Waals surface area contributed by atoms with Crippen molar-refractivity contribution in [3.63, 3.8) is 0 Å². The van der Waals surface area contributed by atoms with E-state index in [2.05, 4.69) is 19.2 Å². The van der Waals surface area contributed by atoms with Crippen molar-refractivity contribution in [3.8, 4) is 0 Å². The number of hydrogen-bond acceptors (Lipinski definition) is 4. The highest BCUT2D eigenvalue weighted by atomic mass is 19.1. The molecule has 0 bridgehead atoms. The summed E-state index contributed by atoms with van der Waals surface area (Å²) in [5.41, 5.74) is 0.358. The van der Waals surface area contributed by atoms with Crippen molar-refractivity contribution in [3.05, 3.63) is 35.6 Å². The fourth-order valence-corrected chi connectivity index (χ4v) is 4.91. The van der Waals surface area contributed by atoms with E-state index in [9.17, 15) is 18.8 Å². The Hall–Kier alpha value is -2.48. The largest absolute Gasteiger partial charge is 0.340 e. The molecular weight excluding hydrogens is 423 g/mol. The second-order valence-corrected chi connectivity index (χ2v) is 9.96. The normalized spacial score (nSPS) is 23.5. The predicted octanol–water partition coefficient (Wildman–Crippen LogP) is 2.13. The fourth-order valence-electron chi connectivity index (χ4n) is 4.91. The minimum atomic E-state index is -0.618. The van der Waals surface area contributed by atoms with Crippen LogP contribution < -0.4 is 5.32 Å². The minimum absolute atomic E-state index is 0.0555. The summed E-state index contributed by atoms with van der Waals surface area (Å²) in [4.78, 5) is 45.5. The van der Waals surface area contributed by atoms with Crippen LogP contribution in [0.2, 0.25) is 0 Å². The van der Waals surface area contributed by atoms with Crippen molar-refractivity contribution >= 4 is 17.7 Å². The van der Waals surface area contributed by atoms with Crippen LogP contribution in [0.3, 0.4) is 0 Å². The van der Waals surface area contributed by atoms with Gasteiger partial charge in [0.15, 0.2) is 0 Å². The number of nitrogens with zero attached hydrogens (tertiary/aromatic N) is 3. The van der Waals surface area contributed by atoms with E-state index in [1.54, 1.807) is 4.90 Å². The van der Waals surface area contributed by atoms with Crippen LogP contribution in [-0.2, 0) is 9.59 Å². The smallest absolute Gasteiger partial charge is 0.254 e. The molecule has 1 aliphatic carbocycles. The van der Waals surface area contributed by atoms with Gasteiger partial charge in [-0.2, -0.15) is 0 Å². The Balaban J connectivity index is 1.60. The first-order valence-corrected chi connectivity index (χ1v) is 12.2. The standard InChI is InChI=1S/C25H35FN4O3/c1-17(2)15-29(23(31)18-4-5-18)21-14-22(25(33)28-12-3-10-27-11-13-28)30(16-21)24(32)19-6-8-20(26)9-7-19/h6-9,17-18,21-22,27H,3-5,10-16H2,1-2H3. The third-order valence-electron chi connectivity index (χ3n) is 6.78. The summed E-state index contributed by atoms with van der Waals surface area (Å²) in [5, 5.41) is 3.31. The maximum Gasteiger partial charge on any atom is 0.254 e. The lowest BCUT2D eigenvalue weighted by atomic mass is 10.1. The zero-order valence-electron chi connectivity index (χ0n) is 19.6. The lowest BCUT2D eigenvalue weighted by molar-refractivity contribution is -0.137. The molecule has 4 rings (SSSR count). The molecule has 3 aliphatic rings. The molecule has 1 saturated carbocycles. The summed E-state index contributed by atoms with van der Waals surface area (Å²) in [5.74, 6) is -0.229. The number of halogens is 1. The Morgan fingerprint density at radius 3 is 2.52 bits per heavy atom. The first kappa shape index (κ1) is 23.7. The average molecular weight is 459 g/mol. The van der Waals surface area contributed by atoms with Crippen LogP contribution in [-0.4, -0.2) is 83.8 Å². The highest BCUT2D eigenvalue weighted by Crippen LogP contribution is 2.34. The van der Waals surface area contributed by atoms with Gasteiger partial charge in [0, 0.05) is 44.2 Å². The molecule has 180 valence electrons. The Morgan fingerprint density at radius 1 is 1.12 bits per heavy atom. The Bertz CT molecular complexity index is 863. The molecule has 2 saturated heterocycles. The zero-order valence-corrected chi connectivity index (χ0v) is 19.6. The Morgan fingerprint density at radius 2 is 1.85 bits per heavy atom. The third kappa shape index (κ3) is 5.54. The van der Waals surface area contributed by atoms with E-state index in [0.717, 1.165) is 32.4 Å². The van der Waals surface area contributed by atoms with Gasteiger partial charge in [0.2, 0.25) is 11.8 Å². The molecule has 0 radical (unpaired) electrons. The van der Waals surface area contributed by atoms with Gasteiger partial charge >= 0.3 is 0 Å². The molecule has 0 spiro atoms. The number of nitrogens with one attached hydrogen (secondary N) is 1. The van der Waals surface area contributed by atoms with Gasteiger partial charge in [-0.3, -0.25) is 14.4 Å². The minimum Gasteiger partial charge on any atom is -0.340 e. The summed E-state index contributed by atoms with van der Waals surface area (Å²) in [7, 11) is 0. The highest BCUT2D eigenvalue weighted by molar-refractivity contribution is 5.98. The summed E-state index contributed by atoms with van der Waals surface area (Å²) < 4.78 is 13.4. The van der Waals surface area contributed by atoms with Gasteiger partial charge in [-0.15, -0.1) is 0 Å². The zero-order chi connectivity index (χ0) is 23.5. The molecule has 33 heavy (non-hydrogen) atoms. The van der Waals surface area contributed by atoms with E-state index in [0.29, 0.717) is 44.1 Å². The number of likely N-dealkylation sites (tertiary alicyclic amines) is 1. The Kier molecular flexibility index (Phi) is 7.32. The van der Waals surface area contributed by atoms with Gasteiger partial charge in [-0.1, -0.05) is 13.8 Å². The van der Waals surface area contributed by atoms with Crippen LogP contribution in [0.15, 0.2) is 24.3 Å². The molecule has 2 aliphatic heterocycles. The second-order valence-electron chi connectivity index (χ2n) is 9.96. The van der Waals surface area contributed by atoms with E-state index in [-0.39, 0.29) is 29.7 Å². The van der Waals surface area contributed by atoms with Crippen molar-refractivity contribution in [2.75, 3.05) is 39.3 Å². The monoisotopic (exact) mass is 458 g/mol. The third-order valence-corrected chi connectivity index (χ3v) is 6.78. The maximum absolute atomic E-state index is 13.6. The molecule has 3 amide bonds. The Labute approximate surface area is 195 Å². The van der Waals surface area contributed by atoms with Crippen molar-refractivity contribution in [2.45, 2.75) is 51.6 Å². The predicted molar refractivity (Wildman–Crippen MR) is 123 cm³/mol. The van der Waals surface area contributed by atoms with E-state index < -0.39 is 11.9 Å². The van der Waals surface area contributed by atoms with Crippen LogP contribution in [0.4, 0.5) is 4.39 Å². The number of hydrogen-bond donors (Lipinski definition) is 1. The van der Waals surface area contributed by atoms with Crippen LogP contribution in [0.25, 0.3) is 0 Å². The van der Waals surface area contributed by atoms with Crippen molar-refractivity contribution in [1.82, 2.24) is 20.0 Å². The van der Waals surface area contributed by atoms with Crippen molar-refractivity contribution < 1.29 is 18.8 Å². The molecule has 2 heterocycles. The molecule has 2 unspecified atom stereocenters. The van der Waals surface area contributed by atoms with E-state index in [1.807, 2.05) is 9.80 Å². The van der Waals surface area contributed by atoms with Gasteiger partial charge in [-0.25, -0.2) is 4.39 Å². The first-order valence-electron chi connectivity index (χ1n) is 12.2. The molecular formula is C25H35FN4O3. The van der Waals surface area contributed by atoms with Crippen LogP contribution in [0.5, 0.6) is 0 Å². The lowest BCUT2D eigenvalue weighted by Crippen LogP contribution is -2.48. The molecule has 7 nitrogen and oxygen atoms in total. The molecule has 2 atom stereocenters. The molecule has 8 heteroatoms. The number of carbonyl (C=O) groups is 3. The molecule has 0 aromatic heterocycles. The molecule has 3 fully saturated rings. The van der Waals surface area contributed by atoms with Crippen molar-refractivity contribution in [1.29, 1.82) is 0 Å². The number of benzene rings is 1. The average Bonchev–Trinajstić information content (AvgIpc) is 3.60. The van der Waals surface area contributed by atoms with Crippen molar-refractivity contribution in [2.24, 2.45) is 11.8 Å². The van der Waals surface area contributed by atoms with Gasteiger partial charge in [0.1, 0.15) is 11.9 Å². The summed E-state index contributed by atoms with van der Waals surface area (Å²) in [6, 6.07) is 4.64. The summed E-state index contributed by atoms with van der Waals surface area (Å²) in [6.07, 6.45) is 3.15. The molecule has 1 aromatic rings. The summed E-state index contributed by atoms with van der Waals surface area (Å²) >= 11 is 0. The first-order chi connectivity index (χ1) is 15.8. The van der Waals surface area contributed by atoms with Gasteiger partial charge in [-0.05, 0) is 62.4 Å². The topological polar surface area (TPSA) is 73.0 Å². The van der Waals surface area contributed by atoms with Gasteiger partial charge < -0.3 is 20.0 Å².